The second-order valence-electron chi connectivity index (χ2n) is 9.22. The second-order valence-corrected chi connectivity index (χ2v) is 9.22. The number of aromatic nitrogens is 2. The second kappa shape index (κ2) is 9.48. The molecule has 0 N–H and O–H groups in total. The highest BCUT2D eigenvalue weighted by atomic mass is 16.2. The Hall–Kier alpha value is -1.92. The number of fused-ring (bicyclic) bond motifs is 1. The van der Waals surface area contributed by atoms with Crippen LogP contribution in [-0.2, 0) is 11.3 Å². The van der Waals surface area contributed by atoms with Crippen molar-refractivity contribution in [3.05, 3.63) is 30.1 Å². The molecule has 6 nitrogen and oxygen atoms in total. The van der Waals surface area contributed by atoms with Gasteiger partial charge in [0.15, 0.2) is 0 Å². The maximum absolute atomic E-state index is 13.2. The molecule has 30 heavy (non-hydrogen) atoms. The molecule has 0 bridgehead atoms. The Morgan fingerprint density at radius 2 is 1.87 bits per heavy atom. The monoisotopic (exact) mass is 411 g/mol. The molecule has 0 spiro atoms. The van der Waals surface area contributed by atoms with Crippen molar-refractivity contribution >= 4 is 16.9 Å². The average Bonchev–Trinajstić information content (AvgIpc) is 3.12. The molecule has 1 amide bonds. The molecule has 1 atom stereocenters. The number of nitrogens with zero attached hydrogens (tertiary/aromatic N) is 5. The summed E-state index contributed by atoms with van der Waals surface area (Å²) in [5, 5.41) is 0. The van der Waals surface area contributed by atoms with E-state index < -0.39 is 0 Å². The average molecular weight is 412 g/mol. The first kappa shape index (κ1) is 21.3. The highest BCUT2D eigenvalue weighted by Gasteiger charge is 2.31. The van der Waals surface area contributed by atoms with Crippen molar-refractivity contribution in [3.63, 3.8) is 0 Å². The number of likely N-dealkylation sites (tertiary alicyclic amines) is 1. The summed E-state index contributed by atoms with van der Waals surface area (Å²) in [7, 11) is 0. The number of hydrogen-bond acceptors (Lipinski definition) is 4. The number of para-hydroxylation sites is 2. The lowest BCUT2D eigenvalue weighted by molar-refractivity contribution is -0.139. The van der Waals surface area contributed by atoms with Gasteiger partial charge in [0.1, 0.15) is 5.82 Å². The third kappa shape index (κ3) is 4.54. The summed E-state index contributed by atoms with van der Waals surface area (Å²) in [5.41, 5.74) is 2.27. The summed E-state index contributed by atoms with van der Waals surface area (Å²) in [6, 6.07) is 8.77. The SMILES string of the molecule is CCCN1CCN(C(=O)[C@@H]2CCCN(Cc3nc4ccccc4n3C(C)C)C2)CC1. The van der Waals surface area contributed by atoms with Crippen LogP contribution in [-0.4, -0.2) is 76.0 Å². The van der Waals surface area contributed by atoms with Crippen molar-refractivity contribution in [2.24, 2.45) is 5.92 Å². The van der Waals surface area contributed by atoms with E-state index in [1.54, 1.807) is 0 Å². The van der Waals surface area contributed by atoms with Gasteiger partial charge in [-0.25, -0.2) is 4.98 Å². The van der Waals surface area contributed by atoms with Crippen LogP contribution in [0.3, 0.4) is 0 Å². The molecule has 0 unspecified atom stereocenters. The zero-order valence-corrected chi connectivity index (χ0v) is 18.9. The van der Waals surface area contributed by atoms with Gasteiger partial charge in [0.05, 0.1) is 23.5 Å². The number of amides is 1. The van der Waals surface area contributed by atoms with Crippen LogP contribution in [0.15, 0.2) is 24.3 Å². The first-order valence-electron chi connectivity index (χ1n) is 11.8. The van der Waals surface area contributed by atoms with Crippen LogP contribution in [0.4, 0.5) is 0 Å². The molecule has 2 aliphatic rings. The molecule has 3 heterocycles. The van der Waals surface area contributed by atoms with Gasteiger partial charge in [-0.05, 0) is 58.3 Å². The lowest BCUT2D eigenvalue weighted by Gasteiger charge is -2.39. The van der Waals surface area contributed by atoms with Crippen LogP contribution < -0.4 is 0 Å². The van der Waals surface area contributed by atoms with Crippen molar-refractivity contribution in [1.29, 1.82) is 0 Å². The highest BCUT2D eigenvalue weighted by Crippen LogP contribution is 2.25. The summed E-state index contributed by atoms with van der Waals surface area (Å²) in [6.07, 6.45) is 3.30. The Balaban J connectivity index is 1.41. The molecule has 2 saturated heterocycles. The minimum Gasteiger partial charge on any atom is -0.340 e. The van der Waals surface area contributed by atoms with Crippen LogP contribution in [0.5, 0.6) is 0 Å². The number of carbonyl (C=O) groups is 1. The summed E-state index contributed by atoms with van der Waals surface area (Å²) in [5.74, 6) is 1.62. The predicted octanol–water partition coefficient (Wildman–Crippen LogP) is 3.38. The molecule has 2 aliphatic heterocycles. The van der Waals surface area contributed by atoms with Gasteiger partial charge < -0.3 is 9.47 Å². The minimum atomic E-state index is 0.133. The molecular formula is C24H37N5O. The molecule has 0 saturated carbocycles. The van der Waals surface area contributed by atoms with E-state index in [-0.39, 0.29) is 5.92 Å². The summed E-state index contributed by atoms with van der Waals surface area (Å²) in [4.78, 5) is 25.2. The maximum atomic E-state index is 13.2. The maximum Gasteiger partial charge on any atom is 0.227 e. The fourth-order valence-electron chi connectivity index (χ4n) is 5.15. The Labute approximate surface area is 180 Å². The minimum absolute atomic E-state index is 0.133. The van der Waals surface area contributed by atoms with E-state index in [1.807, 2.05) is 0 Å². The third-order valence-electron chi connectivity index (χ3n) is 6.63. The number of carbonyl (C=O) groups excluding carboxylic acids is 1. The molecule has 1 aromatic heterocycles. The van der Waals surface area contributed by atoms with Crippen molar-refractivity contribution < 1.29 is 4.79 Å². The molecule has 2 fully saturated rings. The number of piperazine rings is 1. The molecule has 0 radical (unpaired) electrons. The zero-order chi connectivity index (χ0) is 21.1. The van der Waals surface area contributed by atoms with Gasteiger partial charge in [-0.2, -0.15) is 0 Å². The van der Waals surface area contributed by atoms with E-state index in [2.05, 4.69) is 64.3 Å². The molecule has 2 aromatic rings. The lowest BCUT2D eigenvalue weighted by atomic mass is 9.96. The number of rotatable bonds is 6. The topological polar surface area (TPSA) is 44.6 Å². The van der Waals surface area contributed by atoms with E-state index in [9.17, 15) is 4.79 Å². The van der Waals surface area contributed by atoms with Crippen LogP contribution in [0.2, 0.25) is 0 Å². The van der Waals surface area contributed by atoms with Gasteiger partial charge in [0.25, 0.3) is 0 Å². The lowest BCUT2D eigenvalue weighted by Crippen LogP contribution is -2.52. The van der Waals surface area contributed by atoms with Gasteiger partial charge >= 0.3 is 0 Å². The normalized spacial score (nSPS) is 21.6. The molecule has 6 heteroatoms. The molecule has 1 aromatic carbocycles. The summed E-state index contributed by atoms with van der Waals surface area (Å²) >= 11 is 0. The van der Waals surface area contributed by atoms with E-state index in [1.165, 1.54) is 11.9 Å². The number of imidazole rings is 1. The van der Waals surface area contributed by atoms with Gasteiger partial charge in [0, 0.05) is 38.8 Å². The van der Waals surface area contributed by atoms with Gasteiger partial charge in [-0.15, -0.1) is 0 Å². The van der Waals surface area contributed by atoms with Crippen LogP contribution >= 0.6 is 0 Å². The highest BCUT2D eigenvalue weighted by molar-refractivity contribution is 5.79. The van der Waals surface area contributed by atoms with E-state index in [0.717, 1.165) is 76.5 Å². The van der Waals surface area contributed by atoms with Crippen LogP contribution in [0.25, 0.3) is 11.0 Å². The number of hydrogen-bond donors (Lipinski definition) is 0. The Morgan fingerprint density at radius 1 is 1.10 bits per heavy atom. The fourth-order valence-corrected chi connectivity index (χ4v) is 5.15. The largest absolute Gasteiger partial charge is 0.340 e. The Kier molecular flexibility index (Phi) is 6.74. The predicted molar refractivity (Wildman–Crippen MR) is 121 cm³/mol. The Bertz CT molecular complexity index is 852. The Morgan fingerprint density at radius 3 is 2.60 bits per heavy atom. The fraction of sp³-hybridized carbons (Fsp3) is 0.667. The van der Waals surface area contributed by atoms with Crippen molar-refractivity contribution in [3.8, 4) is 0 Å². The molecular weight excluding hydrogens is 374 g/mol. The standard InChI is InChI=1S/C24H37N5O/c1-4-11-26-13-15-28(16-14-26)24(30)20-8-7-12-27(17-20)18-23-25-21-9-5-6-10-22(21)29(23)19(2)3/h5-6,9-10,19-20H,4,7-8,11-18H2,1-3H3/t20-/m1/s1. The van der Waals surface area contributed by atoms with E-state index in [4.69, 9.17) is 4.98 Å². The van der Waals surface area contributed by atoms with E-state index >= 15 is 0 Å². The molecule has 0 aliphatic carbocycles. The van der Waals surface area contributed by atoms with Crippen LogP contribution in [0, 0.1) is 5.92 Å². The van der Waals surface area contributed by atoms with Gasteiger partial charge in [-0.1, -0.05) is 19.1 Å². The van der Waals surface area contributed by atoms with Gasteiger partial charge in [-0.3, -0.25) is 14.6 Å². The molecule has 4 rings (SSSR count). The smallest absolute Gasteiger partial charge is 0.227 e. The van der Waals surface area contributed by atoms with E-state index in [0.29, 0.717) is 11.9 Å². The first-order chi connectivity index (χ1) is 14.6. The van der Waals surface area contributed by atoms with Crippen molar-refractivity contribution in [2.75, 3.05) is 45.8 Å². The van der Waals surface area contributed by atoms with Crippen molar-refractivity contribution in [2.45, 2.75) is 52.6 Å². The first-order valence-corrected chi connectivity index (χ1v) is 11.8. The third-order valence-corrected chi connectivity index (χ3v) is 6.63. The van der Waals surface area contributed by atoms with Gasteiger partial charge in [0.2, 0.25) is 5.91 Å². The quantitative estimate of drug-likeness (QED) is 0.731. The van der Waals surface area contributed by atoms with Crippen LogP contribution in [0.1, 0.15) is 51.9 Å². The summed E-state index contributed by atoms with van der Waals surface area (Å²) in [6.45, 7) is 14.4. The number of benzene rings is 1. The zero-order valence-electron chi connectivity index (χ0n) is 18.9. The molecule has 164 valence electrons. The number of piperidine rings is 1. The summed E-state index contributed by atoms with van der Waals surface area (Å²) < 4.78 is 2.35. The van der Waals surface area contributed by atoms with Crippen molar-refractivity contribution in [1.82, 2.24) is 24.3 Å².